The van der Waals surface area contributed by atoms with Gasteiger partial charge in [0.2, 0.25) is 0 Å². The van der Waals surface area contributed by atoms with Crippen molar-refractivity contribution < 1.29 is 23.1 Å². The molecule has 1 amide bonds. The van der Waals surface area contributed by atoms with Gasteiger partial charge < -0.3 is 10.1 Å². The van der Waals surface area contributed by atoms with Crippen LogP contribution in [0.4, 0.5) is 8.78 Å². The van der Waals surface area contributed by atoms with Crippen molar-refractivity contribution in [3.63, 3.8) is 0 Å². The minimum absolute atomic E-state index is 0.0977. The average molecular weight is 319 g/mol. The molecule has 2 rings (SSSR count). The molecule has 1 N–H and O–H groups in total. The van der Waals surface area contributed by atoms with Crippen molar-refractivity contribution in [2.45, 2.75) is 12.5 Å². The smallest absolute Gasteiger partial charge is 0.328 e. The molecule has 23 heavy (non-hydrogen) atoms. The van der Waals surface area contributed by atoms with Crippen LogP contribution in [0.5, 0.6) is 0 Å². The lowest BCUT2D eigenvalue weighted by atomic mass is 10.0. The molecule has 0 bridgehead atoms. The number of ether oxygens (including phenoxy) is 1. The van der Waals surface area contributed by atoms with Gasteiger partial charge >= 0.3 is 5.97 Å². The molecule has 120 valence electrons. The van der Waals surface area contributed by atoms with E-state index in [1.165, 1.54) is 36.4 Å². The number of hydrogen-bond acceptors (Lipinski definition) is 3. The number of amides is 1. The maximum atomic E-state index is 13.7. The summed E-state index contributed by atoms with van der Waals surface area (Å²) in [6.07, 6.45) is -0.0977. The van der Waals surface area contributed by atoms with Crippen molar-refractivity contribution in [2.75, 3.05) is 7.11 Å². The Morgan fingerprint density at radius 3 is 2.26 bits per heavy atom. The van der Waals surface area contributed by atoms with Crippen LogP contribution in [-0.2, 0) is 16.0 Å². The predicted molar refractivity (Wildman–Crippen MR) is 79.8 cm³/mol. The van der Waals surface area contributed by atoms with E-state index in [1.54, 1.807) is 6.07 Å². The number of methoxy groups -OCH3 is 1. The van der Waals surface area contributed by atoms with Gasteiger partial charge in [-0.1, -0.05) is 30.3 Å². The molecule has 0 spiro atoms. The van der Waals surface area contributed by atoms with Crippen molar-refractivity contribution in [1.29, 1.82) is 0 Å². The topological polar surface area (TPSA) is 55.4 Å². The normalized spacial score (nSPS) is 11.6. The van der Waals surface area contributed by atoms with Gasteiger partial charge in [0, 0.05) is 6.42 Å². The number of rotatable bonds is 5. The summed E-state index contributed by atoms with van der Waals surface area (Å²) in [6, 6.07) is 10.1. The number of benzene rings is 2. The highest BCUT2D eigenvalue weighted by molar-refractivity contribution is 5.97. The maximum Gasteiger partial charge on any atom is 0.328 e. The fourth-order valence-corrected chi connectivity index (χ4v) is 2.10. The van der Waals surface area contributed by atoms with Gasteiger partial charge in [-0.3, -0.25) is 4.79 Å². The monoisotopic (exact) mass is 319 g/mol. The van der Waals surface area contributed by atoms with Crippen LogP contribution in [0.3, 0.4) is 0 Å². The summed E-state index contributed by atoms with van der Waals surface area (Å²) < 4.78 is 32.0. The van der Waals surface area contributed by atoms with Gasteiger partial charge in [0.25, 0.3) is 5.91 Å². The van der Waals surface area contributed by atoms with Crippen LogP contribution in [0.1, 0.15) is 15.9 Å². The Labute approximate surface area is 132 Å². The summed E-state index contributed by atoms with van der Waals surface area (Å²) in [7, 11) is 1.16. The van der Waals surface area contributed by atoms with Crippen LogP contribution in [0.2, 0.25) is 0 Å². The second-order valence-corrected chi connectivity index (χ2v) is 4.82. The first-order valence-corrected chi connectivity index (χ1v) is 6.89. The van der Waals surface area contributed by atoms with Gasteiger partial charge in [-0.2, -0.15) is 0 Å². The minimum Gasteiger partial charge on any atom is -0.467 e. The van der Waals surface area contributed by atoms with Crippen LogP contribution in [0, 0.1) is 11.6 Å². The highest BCUT2D eigenvalue weighted by Crippen LogP contribution is 2.12. The van der Waals surface area contributed by atoms with Crippen LogP contribution in [-0.4, -0.2) is 25.0 Å². The first kappa shape index (κ1) is 16.6. The number of nitrogens with one attached hydrogen (secondary N) is 1. The van der Waals surface area contributed by atoms with Crippen molar-refractivity contribution in [3.05, 3.63) is 71.3 Å². The maximum absolute atomic E-state index is 13.7. The Hall–Kier alpha value is -2.76. The van der Waals surface area contributed by atoms with E-state index in [0.717, 1.165) is 13.2 Å². The SMILES string of the molecule is COC(=O)[C@@H](Cc1ccccc1F)NC(=O)c1ccccc1F. The molecule has 0 aliphatic heterocycles. The molecule has 2 aromatic rings. The molecule has 1 atom stereocenters. The molecule has 0 radical (unpaired) electrons. The van der Waals surface area contributed by atoms with E-state index < -0.39 is 29.6 Å². The van der Waals surface area contributed by atoms with Crippen molar-refractivity contribution in [2.24, 2.45) is 0 Å². The van der Waals surface area contributed by atoms with E-state index in [2.05, 4.69) is 10.1 Å². The number of halogens is 2. The third-order valence-electron chi connectivity index (χ3n) is 3.29. The van der Waals surface area contributed by atoms with Crippen LogP contribution < -0.4 is 5.32 Å². The lowest BCUT2D eigenvalue weighted by Gasteiger charge is -2.17. The lowest BCUT2D eigenvalue weighted by molar-refractivity contribution is -0.142. The van der Waals surface area contributed by atoms with E-state index in [1.807, 2.05) is 0 Å². The summed E-state index contributed by atoms with van der Waals surface area (Å²) in [5.41, 5.74) is 0.0478. The Morgan fingerprint density at radius 2 is 1.65 bits per heavy atom. The van der Waals surface area contributed by atoms with Crippen molar-refractivity contribution in [3.8, 4) is 0 Å². The first-order chi connectivity index (χ1) is 11.0. The van der Waals surface area contributed by atoms with Crippen LogP contribution in [0.25, 0.3) is 0 Å². The minimum atomic E-state index is -1.12. The van der Waals surface area contributed by atoms with Gasteiger partial charge in [0.05, 0.1) is 12.7 Å². The van der Waals surface area contributed by atoms with Gasteiger partial charge in [-0.25, -0.2) is 13.6 Å². The Balaban J connectivity index is 2.20. The second-order valence-electron chi connectivity index (χ2n) is 4.82. The highest BCUT2D eigenvalue weighted by Gasteiger charge is 2.24. The molecule has 2 aromatic carbocycles. The third-order valence-corrected chi connectivity index (χ3v) is 3.29. The van der Waals surface area contributed by atoms with Gasteiger partial charge in [-0.15, -0.1) is 0 Å². The van der Waals surface area contributed by atoms with E-state index in [4.69, 9.17) is 0 Å². The lowest BCUT2D eigenvalue weighted by Crippen LogP contribution is -2.43. The Kier molecular flexibility index (Phi) is 5.41. The predicted octanol–water partition coefficient (Wildman–Crippen LogP) is 2.48. The molecule has 0 fully saturated rings. The summed E-state index contributed by atoms with van der Waals surface area (Å²) in [5, 5.41) is 2.38. The number of hydrogen-bond donors (Lipinski definition) is 1. The summed E-state index contributed by atoms with van der Waals surface area (Å²) in [4.78, 5) is 23.9. The molecule has 0 unspecified atom stereocenters. The van der Waals surface area contributed by atoms with Crippen molar-refractivity contribution >= 4 is 11.9 Å². The largest absolute Gasteiger partial charge is 0.467 e. The zero-order chi connectivity index (χ0) is 16.8. The fraction of sp³-hybridized carbons (Fsp3) is 0.176. The van der Waals surface area contributed by atoms with E-state index in [0.29, 0.717) is 0 Å². The first-order valence-electron chi connectivity index (χ1n) is 6.89. The van der Waals surface area contributed by atoms with Crippen molar-refractivity contribution in [1.82, 2.24) is 5.32 Å². The summed E-state index contributed by atoms with van der Waals surface area (Å²) in [6.45, 7) is 0. The number of esters is 1. The molecule has 6 heteroatoms. The summed E-state index contributed by atoms with van der Waals surface area (Å²) >= 11 is 0. The molecule has 0 aliphatic carbocycles. The molecule has 0 aliphatic rings. The third kappa shape index (κ3) is 4.12. The zero-order valence-corrected chi connectivity index (χ0v) is 12.4. The molecule has 4 nitrogen and oxygen atoms in total. The van der Waals surface area contributed by atoms with Gasteiger partial charge in [0.1, 0.15) is 17.7 Å². The van der Waals surface area contributed by atoms with Crippen LogP contribution >= 0.6 is 0 Å². The Bertz CT molecular complexity index is 718. The molecule has 0 saturated heterocycles. The Morgan fingerprint density at radius 1 is 1.04 bits per heavy atom. The standard InChI is InChI=1S/C17H15F2NO3/c1-23-17(22)15(10-11-6-2-4-8-13(11)18)20-16(21)12-7-3-5-9-14(12)19/h2-9,15H,10H2,1H3,(H,20,21)/t15-/m1/s1. The van der Waals surface area contributed by atoms with E-state index in [9.17, 15) is 18.4 Å². The molecular weight excluding hydrogens is 304 g/mol. The van der Waals surface area contributed by atoms with E-state index >= 15 is 0 Å². The number of carbonyl (C=O) groups excluding carboxylic acids is 2. The molecule has 0 aromatic heterocycles. The second kappa shape index (κ2) is 7.49. The summed E-state index contributed by atoms with van der Waals surface area (Å²) in [5.74, 6) is -2.71. The molecule has 0 saturated carbocycles. The van der Waals surface area contributed by atoms with Crippen LogP contribution in [0.15, 0.2) is 48.5 Å². The molecule has 0 heterocycles. The highest BCUT2D eigenvalue weighted by atomic mass is 19.1. The van der Waals surface area contributed by atoms with Gasteiger partial charge in [0.15, 0.2) is 0 Å². The van der Waals surface area contributed by atoms with E-state index in [-0.39, 0.29) is 17.5 Å². The quantitative estimate of drug-likeness (QED) is 0.862. The molecular formula is C17H15F2NO3. The fourth-order valence-electron chi connectivity index (χ4n) is 2.10. The zero-order valence-electron chi connectivity index (χ0n) is 12.4. The van der Waals surface area contributed by atoms with Gasteiger partial charge in [-0.05, 0) is 23.8 Å². The number of carbonyl (C=O) groups is 2. The average Bonchev–Trinajstić information content (AvgIpc) is 2.55.